The standard InChI is InChI=1S/C14H19N3OS/c15-6-11-13(16)12(10-3-4-10)14(19-11)17-5-1-2-9(7-17)8-18/h9-10,18H,1-5,7-8,16H2. The zero-order valence-corrected chi connectivity index (χ0v) is 11.7. The Balaban J connectivity index is 1.93. The number of anilines is 2. The highest BCUT2D eigenvalue weighted by atomic mass is 32.1. The van der Waals surface area contributed by atoms with Crippen molar-refractivity contribution >= 4 is 22.0 Å². The van der Waals surface area contributed by atoms with Gasteiger partial charge in [0.15, 0.2) is 0 Å². The van der Waals surface area contributed by atoms with E-state index in [1.165, 1.54) is 34.7 Å². The van der Waals surface area contributed by atoms with E-state index >= 15 is 0 Å². The van der Waals surface area contributed by atoms with Crippen molar-refractivity contribution in [3.8, 4) is 6.07 Å². The zero-order chi connectivity index (χ0) is 13.4. The molecule has 1 atom stereocenters. The van der Waals surface area contributed by atoms with Crippen LogP contribution in [0.25, 0.3) is 0 Å². The molecule has 19 heavy (non-hydrogen) atoms. The van der Waals surface area contributed by atoms with Gasteiger partial charge < -0.3 is 15.7 Å². The van der Waals surface area contributed by atoms with Gasteiger partial charge in [-0.15, -0.1) is 11.3 Å². The lowest BCUT2D eigenvalue weighted by molar-refractivity contribution is 0.209. The molecule has 4 nitrogen and oxygen atoms in total. The smallest absolute Gasteiger partial charge is 0.130 e. The van der Waals surface area contributed by atoms with Crippen molar-refractivity contribution in [1.29, 1.82) is 5.26 Å². The van der Waals surface area contributed by atoms with E-state index in [9.17, 15) is 10.4 Å². The molecular weight excluding hydrogens is 258 g/mol. The largest absolute Gasteiger partial charge is 0.397 e. The Labute approximate surface area is 117 Å². The zero-order valence-electron chi connectivity index (χ0n) is 10.9. The number of aliphatic hydroxyl groups excluding tert-OH is 1. The van der Waals surface area contributed by atoms with Crippen molar-refractivity contribution in [3.05, 3.63) is 10.4 Å². The molecule has 0 radical (unpaired) electrons. The molecule has 0 amide bonds. The lowest BCUT2D eigenvalue weighted by Crippen LogP contribution is -2.36. The maximum atomic E-state index is 9.35. The lowest BCUT2D eigenvalue weighted by Gasteiger charge is -2.33. The number of thiophene rings is 1. The van der Waals surface area contributed by atoms with Crippen molar-refractivity contribution in [3.63, 3.8) is 0 Å². The van der Waals surface area contributed by atoms with E-state index in [0.717, 1.165) is 25.9 Å². The average Bonchev–Trinajstić information content (AvgIpc) is 3.22. The van der Waals surface area contributed by atoms with E-state index in [-0.39, 0.29) is 6.61 Å². The lowest BCUT2D eigenvalue weighted by atomic mass is 9.98. The third-order valence-corrected chi connectivity index (χ3v) is 5.30. The predicted octanol–water partition coefficient (Wildman–Crippen LogP) is 2.29. The van der Waals surface area contributed by atoms with Gasteiger partial charge in [-0.05, 0) is 37.5 Å². The minimum absolute atomic E-state index is 0.251. The van der Waals surface area contributed by atoms with E-state index in [2.05, 4.69) is 11.0 Å². The van der Waals surface area contributed by atoms with Crippen LogP contribution in [0.4, 0.5) is 10.7 Å². The Morgan fingerprint density at radius 1 is 1.42 bits per heavy atom. The molecule has 3 N–H and O–H groups in total. The fourth-order valence-electron chi connectivity index (χ4n) is 2.93. The van der Waals surface area contributed by atoms with E-state index in [0.29, 0.717) is 22.4 Å². The first-order chi connectivity index (χ1) is 9.24. The highest BCUT2D eigenvalue weighted by Crippen LogP contribution is 2.52. The van der Waals surface area contributed by atoms with Crippen LogP contribution in [0.15, 0.2) is 0 Å². The summed E-state index contributed by atoms with van der Waals surface area (Å²) in [5.41, 5.74) is 8.05. The van der Waals surface area contributed by atoms with Crippen LogP contribution >= 0.6 is 11.3 Å². The SMILES string of the molecule is N#Cc1sc(N2CCCC(CO)C2)c(C2CC2)c1N. The van der Waals surface area contributed by atoms with Crippen molar-refractivity contribution in [2.75, 3.05) is 30.3 Å². The number of nitrogen functional groups attached to an aromatic ring is 1. The van der Waals surface area contributed by atoms with E-state index in [4.69, 9.17) is 5.73 Å². The molecule has 1 aliphatic heterocycles. The highest BCUT2D eigenvalue weighted by molar-refractivity contribution is 7.17. The molecule has 102 valence electrons. The summed E-state index contributed by atoms with van der Waals surface area (Å²) < 4.78 is 0. The maximum absolute atomic E-state index is 9.35. The normalized spacial score (nSPS) is 23.4. The molecule has 1 unspecified atom stereocenters. The third kappa shape index (κ3) is 2.31. The molecule has 0 aromatic carbocycles. The molecule has 0 spiro atoms. The fourth-order valence-corrected chi connectivity index (χ4v) is 4.07. The van der Waals surface area contributed by atoms with Crippen LogP contribution in [0.1, 0.15) is 42.0 Å². The van der Waals surface area contributed by atoms with Crippen molar-refractivity contribution < 1.29 is 5.11 Å². The van der Waals surface area contributed by atoms with Gasteiger partial charge in [0.2, 0.25) is 0 Å². The summed E-state index contributed by atoms with van der Waals surface area (Å²) in [5, 5.41) is 19.7. The molecule has 2 fully saturated rings. The Morgan fingerprint density at radius 3 is 2.84 bits per heavy atom. The number of hydrogen-bond acceptors (Lipinski definition) is 5. The Morgan fingerprint density at radius 2 is 2.21 bits per heavy atom. The van der Waals surface area contributed by atoms with E-state index in [1.54, 1.807) is 0 Å². The van der Waals surface area contributed by atoms with Gasteiger partial charge in [-0.3, -0.25) is 0 Å². The molecule has 1 saturated heterocycles. The van der Waals surface area contributed by atoms with Crippen molar-refractivity contribution in [2.45, 2.75) is 31.6 Å². The number of nitrogens with two attached hydrogens (primary N) is 1. The Kier molecular flexibility index (Phi) is 3.38. The summed E-state index contributed by atoms with van der Waals surface area (Å²) in [6.07, 6.45) is 4.58. The summed E-state index contributed by atoms with van der Waals surface area (Å²) in [6, 6.07) is 2.22. The van der Waals surface area contributed by atoms with Crippen LogP contribution < -0.4 is 10.6 Å². The molecule has 2 heterocycles. The number of nitriles is 1. The summed E-state index contributed by atoms with van der Waals surface area (Å²) in [7, 11) is 0. The van der Waals surface area contributed by atoms with E-state index < -0.39 is 0 Å². The van der Waals surface area contributed by atoms with Crippen LogP contribution in [0.5, 0.6) is 0 Å². The maximum Gasteiger partial charge on any atom is 0.130 e. The summed E-state index contributed by atoms with van der Waals surface area (Å²) in [5.74, 6) is 0.914. The molecule has 5 heteroatoms. The minimum Gasteiger partial charge on any atom is -0.397 e. The van der Waals surface area contributed by atoms with Gasteiger partial charge in [-0.25, -0.2) is 0 Å². The van der Waals surface area contributed by atoms with Gasteiger partial charge in [-0.1, -0.05) is 0 Å². The Bertz CT molecular complexity index is 515. The van der Waals surface area contributed by atoms with Gasteiger partial charge in [0.25, 0.3) is 0 Å². The first-order valence-electron chi connectivity index (χ1n) is 6.92. The van der Waals surface area contributed by atoms with Gasteiger partial charge in [0, 0.05) is 25.3 Å². The minimum atomic E-state index is 0.251. The quantitative estimate of drug-likeness (QED) is 0.889. The number of nitrogens with zero attached hydrogens (tertiary/aromatic N) is 2. The molecular formula is C14H19N3OS. The summed E-state index contributed by atoms with van der Waals surface area (Å²) in [6.45, 7) is 2.16. The van der Waals surface area contributed by atoms with Crippen LogP contribution in [-0.4, -0.2) is 24.8 Å². The topological polar surface area (TPSA) is 73.3 Å². The van der Waals surface area contributed by atoms with Crippen LogP contribution in [0.3, 0.4) is 0 Å². The second kappa shape index (κ2) is 5.03. The molecule has 0 bridgehead atoms. The molecule has 1 aromatic heterocycles. The molecule has 3 rings (SSSR count). The number of aliphatic hydroxyl groups is 1. The number of piperidine rings is 1. The second-order valence-electron chi connectivity index (χ2n) is 5.59. The highest BCUT2D eigenvalue weighted by Gasteiger charge is 2.34. The third-order valence-electron chi connectivity index (χ3n) is 4.12. The Hall–Kier alpha value is -1.25. The molecule has 2 aliphatic rings. The van der Waals surface area contributed by atoms with Gasteiger partial charge in [0.1, 0.15) is 10.9 Å². The monoisotopic (exact) mass is 277 g/mol. The number of hydrogen-bond donors (Lipinski definition) is 2. The summed E-state index contributed by atoms with van der Waals surface area (Å²) >= 11 is 1.53. The molecule has 1 saturated carbocycles. The van der Waals surface area contributed by atoms with Crippen molar-refractivity contribution in [1.82, 2.24) is 0 Å². The van der Waals surface area contributed by atoms with Gasteiger partial charge in [0.05, 0.1) is 10.7 Å². The van der Waals surface area contributed by atoms with Crippen molar-refractivity contribution in [2.24, 2.45) is 5.92 Å². The van der Waals surface area contributed by atoms with Crippen LogP contribution in [0.2, 0.25) is 0 Å². The van der Waals surface area contributed by atoms with Gasteiger partial charge in [-0.2, -0.15) is 5.26 Å². The predicted molar refractivity (Wildman–Crippen MR) is 77.4 cm³/mol. The number of rotatable bonds is 3. The molecule has 1 aromatic rings. The summed E-state index contributed by atoms with van der Waals surface area (Å²) in [4.78, 5) is 2.99. The van der Waals surface area contributed by atoms with Gasteiger partial charge >= 0.3 is 0 Å². The average molecular weight is 277 g/mol. The van der Waals surface area contributed by atoms with Crippen LogP contribution in [0, 0.1) is 17.2 Å². The van der Waals surface area contributed by atoms with E-state index in [1.807, 2.05) is 0 Å². The first-order valence-corrected chi connectivity index (χ1v) is 7.74. The fraction of sp³-hybridized carbons (Fsp3) is 0.643. The van der Waals surface area contributed by atoms with Crippen LogP contribution in [-0.2, 0) is 0 Å². The second-order valence-corrected chi connectivity index (χ2v) is 6.59. The molecule has 1 aliphatic carbocycles. The first kappa shape index (κ1) is 12.8.